The molecular formula is C11H17N3O2. The number of aryl methyl sites for hydroxylation is 1. The van der Waals surface area contributed by atoms with E-state index in [0.29, 0.717) is 18.3 Å². The number of aromatic carboxylic acids is 1. The van der Waals surface area contributed by atoms with Crippen molar-refractivity contribution < 1.29 is 9.90 Å². The summed E-state index contributed by atoms with van der Waals surface area (Å²) in [5.74, 6) is -0.169. The lowest BCUT2D eigenvalue weighted by atomic mass is 10.2. The molecule has 0 unspecified atom stereocenters. The minimum atomic E-state index is -1.02. The second-order valence-electron chi connectivity index (χ2n) is 4.00. The van der Waals surface area contributed by atoms with Crippen molar-refractivity contribution in [1.82, 2.24) is 9.97 Å². The molecule has 5 heteroatoms. The van der Waals surface area contributed by atoms with Crippen molar-refractivity contribution in [1.29, 1.82) is 0 Å². The second kappa shape index (κ2) is 5.44. The normalized spacial score (nSPS) is 10.5. The van der Waals surface area contributed by atoms with E-state index < -0.39 is 5.97 Å². The molecule has 0 saturated heterocycles. The highest BCUT2D eigenvalue weighted by atomic mass is 16.4. The lowest BCUT2D eigenvalue weighted by Crippen LogP contribution is -2.13. The Kier molecular flexibility index (Phi) is 4.22. The summed E-state index contributed by atoms with van der Waals surface area (Å²) in [6.45, 7) is 6.79. The van der Waals surface area contributed by atoms with Gasteiger partial charge >= 0.3 is 5.97 Å². The molecule has 0 aliphatic heterocycles. The largest absolute Gasteiger partial charge is 0.477 e. The molecule has 0 fully saturated rings. The van der Waals surface area contributed by atoms with Crippen LogP contribution in [-0.2, 0) is 6.42 Å². The van der Waals surface area contributed by atoms with Gasteiger partial charge in [0.05, 0.1) is 0 Å². The van der Waals surface area contributed by atoms with Gasteiger partial charge in [0.2, 0.25) is 5.95 Å². The lowest BCUT2D eigenvalue weighted by molar-refractivity contribution is 0.0690. The summed E-state index contributed by atoms with van der Waals surface area (Å²) in [7, 11) is 0. The first-order valence-corrected chi connectivity index (χ1v) is 5.38. The Morgan fingerprint density at radius 3 is 2.69 bits per heavy atom. The number of carboxylic acids is 1. The van der Waals surface area contributed by atoms with E-state index >= 15 is 0 Å². The third kappa shape index (κ3) is 3.49. The van der Waals surface area contributed by atoms with Gasteiger partial charge in [0.1, 0.15) is 0 Å². The van der Waals surface area contributed by atoms with Gasteiger partial charge in [-0.25, -0.2) is 14.8 Å². The number of rotatable bonds is 5. The van der Waals surface area contributed by atoms with E-state index in [1.54, 1.807) is 0 Å². The Balaban J connectivity index is 2.90. The quantitative estimate of drug-likeness (QED) is 0.796. The predicted molar refractivity (Wildman–Crippen MR) is 61.7 cm³/mol. The molecule has 0 aliphatic carbocycles. The SMILES string of the molecule is CCc1cc(C(=O)O)nc(NCC(C)C)n1. The highest BCUT2D eigenvalue weighted by Gasteiger charge is 2.09. The Morgan fingerprint density at radius 2 is 2.19 bits per heavy atom. The number of aromatic nitrogens is 2. The molecule has 0 saturated carbocycles. The molecule has 0 radical (unpaired) electrons. The van der Waals surface area contributed by atoms with Crippen LogP contribution in [0.2, 0.25) is 0 Å². The van der Waals surface area contributed by atoms with Crippen LogP contribution in [0.5, 0.6) is 0 Å². The maximum Gasteiger partial charge on any atom is 0.354 e. The third-order valence-electron chi connectivity index (χ3n) is 2.03. The number of nitrogens with one attached hydrogen (secondary N) is 1. The van der Waals surface area contributed by atoms with Gasteiger partial charge in [-0.2, -0.15) is 0 Å². The number of hydrogen-bond donors (Lipinski definition) is 2. The molecule has 1 aromatic heterocycles. The highest BCUT2D eigenvalue weighted by Crippen LogP contribution is 2.07. The van der Waals surface area contributed by atoms with Crippen LogP contribution in [0.3, 0.4) is 0 Å². The molecule has 5 nitrogen and oxygen atoms in total. The summed E-state index contributed by atoms with van der Waals surface area (Å²) in [4.78, 5) is 19.0. The smallest absolute Gasteiger partial charge is 0.354 e. The molecule has 1 heterocycles. The van der Waals surface area contributed by atoms with Crippen LogP contribution in [-0.4, -0.2) is 27.6 Å². The highest BCUT2D eigenvalue weighted by molar-refractivity contribution is 5.85. The number of nitrogens with zero attached hydrogens (tertiary/aromatic N) is 2. The van der Waals surface area contributed by atoms with Gasteiger partial charge in [0.15, 0.2) is 5.69 Å². The minimum Gasteiger partial charge on any atom is -0.477 e. The first-order valence-electron chi connectivity index (χ1n) is 5.38. The van der Waals surface area contributed by atoms with E-state index in [0.717, 1.165) is 12.2 Å². The fourth-order valence-electron chi connectivity index (χ4n) is 1.16. The minimum absolute atomic E-state index is 0.0399. The maximum absolute atomic E-state index is 10.8. The molecule has 1 rings (SSSR count). The van der Waals surface area contributed by atoms with Crippen LogP contribution >= 0.6 is 0 Å². The molecule has 0 aromatic carbocycles. The molecule has 0 amide bonds. The average molecular weight is 223 g/mol. The second-order valence-corrected chi connectivity index (χ2v) is 4.00. The summed E-state index contributed by atoms with van der Waals surface area (Å²) < 4.78 is 0. The number of carboxylic acid groups (broad SMARTS) is 1. The van der Waals surface area contributed by atoms with Gasteiger partial charge in [0, 0.05) is 12.2 Å². The van der Waals surface area contributed by atoms with E-state index in [4.69, 9.17) is 5.11 Å². The summed E-state index contributed by atoms with van der Waals surface area (Å²) in [5, 5.41) is 11.9. The van der Waals surface area contributed by atoms with Crippen molar-refractivity contribution in [3.8, 4) is 0 Å². The van der Waals surface area contributed by atoms with Crippen molar-refractivity contribution in [2.45, 2.75) is 27.2 Å². The number of anilines is 1. The van der Waals surface area contributed by atoms with Gasteiger partial charge in [0.25, 0.3) is 0 Å². The zero-order chi connectivity index (χ0) is 12.1. The van der Waals surface area contributed by atoms with Crippen molar-refractivity contribution in [2.24, 2.45) is 5.92 Å². The zero-order valence-corrected chi connectivity index (χ0v) is 9.82. The molecule has 0 aliphatic rings. The third-order valence-corrected chi connectivity index (χ3v) is 2.03. The molecule has 0 atom stereocenters. The molecule has 2 N–H and O–H groups in total. The van der Waals surface area contributed by atoms with E-state index in [-0.39, 0.29) is 5.69 Å². The Bertz CT molecular complexity index is 377. The van der Waals surface area contributed by atoms with Crippen molar-refractivity contribution in [3.05, 3.63) is 17.5 Å². The fraction of sp³-hybridized carbons (Fsp3) is 0.545. The summed E-state index contributed by atoms with van der Waals surface area (Å²) >= 11 is 0. The monoisotopic (exact) mass is 223 g/mol. The van der Waals surface area contributed by atoms with E-state index in [1.165, 1.54) is 6.07 Å². The van der Waals surface area contributed by atoms with Gasteiger partial charge < -0.3 is 10.4 Å². The van der Waals surface area contributed by atoms with Crippen LogP contribution < -0.4 is 5.32 Å². The average Bonchev–Trinajstić information content (AvgIpc) is 2.25. The van der Waals surface area contributed by atoms with Crippen molar-refractivity contribution >= 4 is 11.9 Å². The van der Waals surface area contributed by atoms with Crippen LogP contribution in [0.1, 0.15) is 37.0 Å². The first-order chi connectivity index (χ1) is 7.52. The van der Waals surface area contributed by atoms with Crippen molar-refractivity contribution in [2.75, 3.05) is 11.9 Å². The zero-order valence-electron chi connectivity index (χ0n) is 9.82. The van der Waals surface area contributed by atoms with Gasteiger partial charge in [-0.3, -0.25) is 0 Å². The molecule has 0 spiro atoms. The fourth-order valence-corrected chi connectivity index (χ4v) is 1.16. The molecular weight excluding hydrogens is 206 g/mol. The topological polar surface area (TPSA) is 75.1 Å². The van der Waals surface area contributed by atoms with Crippen LogP contribution in [0, 0.1) is 5.92 Å². The predicted octanol–water partition coefficient (Wildman–Crippen LogP) is 1.81. The van der Waals surface area contributed by atoms with Gasteiger partial charge in [-0.05, 0) is 18.4 Å². The standard InChI is InChI=1S/C11H17N3O2/c1-4-8-5-9(10(15)16)14-11(13-8)12-6-7(2)3/h5,7H,4,6H2,1-3H3,(H,15,16)(H,12,13,14). The van der Waals surface area contributed by atoms with E-state index in [9.17, 15) is 4.79 Å². The van der Waals surface area contributed by atoms with Crippen LogP contribution in [0.25, 0.3) is 0 Å². The summed E-state index contributed by atoms with van der Waals surface area (Å²) in [6.07, 6.45) is 0.694. The molecule has 1 aromatic rings. The van der Waals surface area contributed by atoms with Gasteiger partial charge in [-0.1, -0.05) is 20.8 Å². The van der Waals surface area contributed by atoms with E-state index in [1.807, 2.05) is 6.92 Å². The molecule has 16 heavy (non-hydrogen) atoms. The molecule has 0 bridgehead atoms. The lowest BCUT2D eigenvalue weighted by Gasteiger charge is -2.09. The van der Waals surface area contributed by atoms with Crippen LogP contribution in [0.15, 0.2) is 6.07 Å². The maximum atomic E-state index is 10.8. The Labute approximate surface area is 94.9 Å². The summed E-state index contributed by atoms with van der Waals surface area (Å²) in [6, 6.07) is 1.50. The molecule has 88 valence electrons. The van der Waals surface area contributed by atoms with Crippen LogP contribution in [0.4, 0.5) is 5.95 Å². The Morgan fingerprint density at radius 1 is 1.50 bits per heavy atom. The van der Waals surface area contributed by atoms with Gasteiger partial charge in [-0.15, -0.1) is 0 Å². The number of carbonyl (C=O) groups is 1. The van der Waals surface area contributed by atoms with E-state index in [2.05, 4.69) is 29.1 Å². The first kappa shape index (κ1) is 12.4. The summed E-state index contributed by atoms with van der Waals surface area (Å²) in [5.41, 5.74) is 0.775. The number of hydrogen-bond acceptors (Lipinski definition) is 4. The van der Waals surface area contributed by atoms with Crippen molar-refractivity contribution in [3.63, 3.8) is 0 Å². The Hall–Kier alpha value is -1.65.